The van der Waals surface area contributed by atoms with Gasteiger partial charge in [0.25, 0.3) is 0 Å². The molecule has 0 aliphatic carbocycles. The summed E-state index contributed by atoms with van der Waals surface area (Å²) in [5, 5.41) is 6.23. The van der Waals surface area contributed by atoms with E-state index in [-0.39, 0.29) is 6.03 Å². The summed E-state index contributed by atoms with van der Waals surface area (Å²) < 4.78 is 0. The Kier molecular flexibility index (Phi) is 7.99. The summed E-state index contributed by atoms with van der Waals surface area (Å²) in [5.74, 6) is 0.762. The zero-order valence-corrected chi connectivity index (χ0v) is 11.3. The van der Waals surface area contributed by atoms with Gasteiger partial charge in [0.2, 0.25) is 0 Å². The van der Waals surface area contributed by atoms with E-state index < -0.39 is 0 Å². The van der Waals surface area contributed by atoms with Gasteiger partial charge >= 0.3 is 6.03 Å². The first-order valence-corrected chi connectivity index (χ1v) is 6.12. The number of amides is 2. The number of nitrogens with one attached hydrogen (secondary N) is 2. The molecule has 0 radical (unpaired) electrons. The second kappa shape index (κ2) is 8.39. The largest absolute Gasteiger partial charge is 0.337 e. The van der Waals surface area contributed by atoms with Crippen molar-refractivity contribution in [2.24, 2.45) is 5.92 Å². The molecule has 96 valence electrons. The molecule has 2 N–H and O–H groups in total. The van der Waals surface area contributed by atoms with Gasteiger partial charge in [-0.15, -0.1) is 0 Å². The highest BCUT2D eigenvalue weighted by Crippen LogP contribution is 2.05. The van der Waals surface area contributed by atoms with Crippen molar-refractivity contribution >= 4 is 6.03 Å². The van der Waals surface area contributed by atoms with Crippen LogP contribution in [0, 0.1) is 5.92 Å². The molecule has 0 rings (SSSR count). The van der Waals surface area contributed by atoms with E-state index in [2.05, 4.69) is 31.4 Å². The van der Waals surface area contributed by atoms with Crippen molar-refractivity contribution in [2.75, 3.05) is 27.2 Å². The quantitative estimate of drug-likeness (QED) is 0.652. The molecule has 0 aliphatic heterocycles. The topological polar surface area (TPSA) is 44.4 Å². The molecule has 0 fully saturated rings. The third kappa shape index (κ3) is 8.53. The van der Waals surface area contributed by atoms with Gasteiger partial charge in [-0.2, -0.15) is 0 Å². The molecule has 0 aromatic heterocycles. The molecule has 4 heteroatoms. The average molecular weight is 229 g/mol. The third-order valence-corrected chi connectivity index (χ3v) is 2.48. The Bertz CT molecular complexity index is 193. The minimum absolute atomic E-state index is 0.0309. The molecule has 0 bridgehead atoms. The van der Waals surface area contributed by atoms with Crippen LogP contribution < -0.4 is 10.6 Å². The summed E-state index contributed by atoms with van der Waals surface area (Å²) in [6, 6.07) is 0.496. The SMILES string of the molecule is CC(C)CCC(C)NCCNC(=O)N(C)C. The second-order valence-electron chi connectivity index (χ2n) is 4.95. The monoisotopic (exact) mass is 229 g/mol. The predicted molar refractivity (Wildman–Crippen MR) is 68.6 cm³/mol. The van der Waals surface area contributed by atoms with Gasteiger partial charge < -0.3 is 15.5 Å². The van der Waals surface area contributed by atoms with Gasteiger partial charge in [0, 0.05) is 33.2 Å². The predicted octanol–water partition coefficient (Wildman–Crippen LogP) is 1.67. The molecule has 0 saturated carbocycles. The van der Waals surface area contributed by atoms with E-state index in [0.717, 1.165) is 12.5 Å². The van der Waals surface area contributed by atoms with E-state index in [9.17, 15) is 4.79 Å². The standard InChI is InChI=1S/C12H27N3O/c1-10(2)6-7-11(3)13-8-9-14-12(16)15(4)5/h10-11,13H,6-9H2,1-5H3,(H,14,16). The summed E-state index contributed by atoms with van der Waals surface area (Å²) in [4.78, 5) is 12.7. The lowest BCUT2D eigenvalue weighted by Gasteiger charge is -2.16. The first kappa shape index (κ1) is 15.2. The average Bonchev–Trinajstić information content (AvgIpc) is 2.20. The Morgan fingerprint density at radius 2 is 1.75 bits per heavy atom. The Morgan fingerprint density at radius 1 is 1.12 bits per heavy atom. The zero-order valence-electron chi connectivity index (χ0n) is 11.3. The van der Waals surface area contributed by atoms with Gasteiger partial charge in [-0.1, -0.05) is 13.8 Å². The van der Waals surface area contributed by atoms with Crippen LogP contribution in [0.5, 0.6) is 0 Å². The van der Waals surface area contributed by atoms with Crippen LogP contribution in [0.15, 0.2) is 0 Å². The molecule has 0 aromatic rings. The van der Waals surface area contributed by atoms with Gasteiger partial charge in [-0.3, -0.25) is 0 Å². The molecule has 4 nitrogen and oxygen atoms in total. The maximum absolute atomic E-state index is 11.2. The molecule has 0 spiro atoms. The van der Waals surface area contributed by atoms with Crippen LogP contribution in [0.1, 0.15) is 33.6 Å². The highest BCUT2D eigenvalue weighted by Gasteiger charge is 2.04. The molecule has 1 atom stereocenters. The number of urea groups is 1. The lowest BCUT2D eigenvalue weighted by atomic mass is 10.0. The molecule has 16 heavy (non-hydrogen) atoms. The highest BCUT2D eigenvalue weighted by atomic mass is 16.2. The first-order valence-electron chi connectivity index (χ1n) is 6.12. The smallest absolute Gasteiger partial charge is 0.316 e. The number of nitrogens with zero attached hydrogens (tertiary/aromatic N) is 1. The number of hydrogen-bond donors (Lipinski definition) is 2. The van der Waals surface area contributed by atoms with Crippen molar-refractivity contribution in [1.82, 2.24) is 15.5 Å². The number of rotatable bonds is 7. The van der Waals surface area contributed by atoms with E-state index >= 15 is 0 Å². The Balaban J connectivity index is 3.41. The Labute approximate surface area is 99.8 Å². The summed E-state index contributed by atoms with van der Waals surface area (Å²) in [7, 11) is 3.49. The fourth-order valence-electron chi connectivity index (χ4n) is 1.33. The molecular formula is C12H27N3O. The minimum Gasteiger partial charge on any atom is -0.337 e. The number of hydrogen-bond acceptors (Lipinski definition) is 2. The van der Waals surface area contributed by atoms with Crippen LogP contribution in [-0.4, -0.2) is 44.2 Å². The first-order chi connectivity index (χ1) is 7.43. The number of carbonyl (C=O) groups is 1. The molecule has 0 aliphatic rings. The van der Waals surface area contributed by atoms with Gasteiger partial charge in [0.15, 0.2) is 0 Å². The van der Waals surface area contributed by atoms with Crippen LogP contribution in [0.2, 0.25) is 0 Å². The van der Waals surface area contributed by atoms with Gasteiger partial charge in [-0.25, -0.2) is 4.79 Å². The Morgan fingerprint density at radius 3 is 2.25 bits per heavy atom. The van der Waals surface area contributed by atoms with Crippen LogP contribution in [0.3, 0.4) is 0 Å². The molecule has 0 saturated heterocycles. The number of carbonyl (C=O) groups excluding carboxylic acids is 1. The van der Waals surface area contributed by atoms with Crippen LogP contribution in [0.4, 0.5) is 4.79 Å². The van der Waals surface area contributed by atoms with Crippen molar-refractivity contribution in [3.63, 3.8) is 0 Å². The Hall–Kier alpha value is -0.770. The lowest BCUT2D eigenvalue weighted by Crippen LogP contribution is -2.40. The van der Waals surface area contributed by atoms with Crippen LogP contribution in [0.25, 0.3) is 0 Å². The van der Waals surface area contributed by atoms with E-state index in [0.29, 0.717) is 12.6 Å². The van der Waals surface area contributed by atoms with Crippen molar-refractivity contribution in [3.8, 4) is 0 Å². The van der Waals surface area contributed by atoms with Crippen LogP contribution >= 0.6 is 0 Å². The normalized spacial score (nSPS) is 12.6. The fourth-order valence-corrected chi connectivity index (χ4v) is 1.33. The zero-order chi connectivity index (χ0) is 12.6. The molecule has 0 heterocycles. The molecular weight excluding hydrogens is 202 g/mol. The second-order valence-corrected chi connectivity index (χ2v) is 4.95. The maximum atomic E-state index is 11.2. The summed E-state index contributed by atoms with van der Waals surface area (Å²) in [6.45, 7) is 8.19. The van der Waals surface area contributed by atoms with E-state index in [1.54, 1.807) is 19.0 Å². The highest BCUT2D eigenvalue weighted by molar-refractivity contribution is 5.73. The summed E-state index contributed by atoms with van der Waals surface area (Å²) in [5.41, 5.74) is 0. The van der Waals surface area contributed by atoms with Crippen molar-refractivity contribution in [1.29, 1.82) is 0 Å². The van der Waals surface area contributed by atoms with E-state index in [1.807, 2.05) is 0 Å². The third-order valence-electron chi connectivity index (χ3n) is 2.48. The maximum Gasteiger partial charge on any atom is 0.316 e. The fraction of sp³-hybridized carbons (Fsp3) is 0.917. The van der Waals surface area contributed by atoms with E-state index in [1.165, 1.54) is 12.8 Å². The lowest BCUT2D eigenvalue weighted by molar-refractivity contribution is 0.217. The van der Waals surface area contributed by atoms with Gasteiger partial charge in [0.1, 0.15) is 0 Å². The molecule has 1 unspecified atom stereocenters. The van der Waals surface area contributed by atoms with Gasteiger partial charge in [-0.05, 0) is 25.7 Å². The molecule has 2 amide bonds. The summed E-state index contributed by atoms with van der Waals surface area (Å²) >= 11 is 0. The molecule has 0 aromatic carbocycles. The van der Waals surface area contributed by atoms with Crippen molar-refractivity contribution in [3.05, 3.63) is 0 Å². The van der Waals surface area contributed by atoms with Crippen molar-refractivity contribution in [2.45, 2.75) is 39.7 Å². The summed E-state index contributed by atoms with van der Waals surface area (Å²) in [6.07, 6.45) is 2.44. The van der Waals surface area contributed by atoms with Crippen molar-refractivity contribution < 1.29 is 4.79 Å². The van der Waals surface area contributed by atoms with Gasteiger partial charge in [0.05, 0.1) is 0 Å². The van der Waals surface area contributed by atoms with Crippen LogP contribution in [-0.2, 0) is 0 Å². The van der Waals surface area contributed by atoms with E-state index in [4.69, 9.17) is 0 Å². The minimum atomic E-state index is -0.0309.